The van der Waals surface area contributed by atoms with Crippen molar-refractivity contribution >= 4 is 44.4 Å². The van der Waals surface area contributed by atoms with E-state index in [0.29, 0.717) is 0 Å². The fourth-order valence-electron chi connectivity index (χ4n) is 6.27. The Bertz CT molecular complexity index is 2220. The molecule has 8 rings (SSSR count). The maximum Gasteiger partial charge on any atom is 0.154 e. The molecule has 41 heavy (non-hydrogen) atoms. The lowest BCUT2D eigenvalue weighted by Crippen LogP contribution is -2.16. The van der Waals surface area contributed by atoms with Gasteiger partial charge in [0.1, 0.15) is 17.0 Å². The molecule has 0 amide bonds. The van der Waals surface area contributed by atoms with Crippen molar-refractivity contribution in [3.8, 4) is 22.3 Å². The second-order valence-electron chi connectivity index (χ2n) is 10.5. The average Bonchev–Trinajstić information content (AvgIpc) is 3.59. The second kappa shape index (κ2) is 9.04. The molecule has 0 bridgehead atoms. The summed E-state index contributed by atoms with van der Waals surface area (Å²) in [4.78, 5) is 4.55. The fraction of sp³-hybridized carbons (Fsp3) is 0.0270. The van der Waals surface area contributed by atoms with Crippen LogP contribution in [0.5, 0.6) is 0 Å². The van der Waals surface area contributed by atoms with Gasteiger partial charge in [-0.1, -0.05) is 109 Å². The summed E-state index contributed by atoms with van der Waals surface area (Å²) in [6.45, 7) is 0. The van der Waals surface area contributed by atoms with E-state index in [-0.39, 0.29) is 11.7 Å². The molecular formula is C37H25N3O. The Balaban J connectivity index is 1.27. The molecule has 0 saturated carbocycles. The first kappa shape index (κ1) is 23.4. The number of hydrogen-bond acceptors (Lipinski definition) is 2. The summed E-state index contributed by atoms with van der Waals surface area (Å²) in [5.74, 6) is 0.411. The largest absolute Gasteiger partial charge is 0.455 e. The van der Waals surface area contributed by atoms with Crippen molar-refractivity contribution in [1.82, 2.24) is 0 Å². The van der Waals surface area contributed by atoms with E-state index in [1.54, 1.807) is 0 Å². The Hall–Kier alpha value is -5.48. The van der Waals surface area contributed by atoms with Gasteiger partial charge in [0.05, 0.1) is 0 Å². The van der Waals surface area contributed by atoms with E-state index in [9.17, 15) is 0 Å². The topological polar surface area (TPSA) is 75.4 Å². The number of nitrogens with one attached hydrogen (secondary N) is 1. The molecule has 7 aromatic rings. The van der Waals surface area contributed by atoms with Crippen LogP contribution in [0.4, 0.5) is 0 Å². The lowest BCUT2D eigenvalue weighted by molar-refractivity contribution is 0.670. The van der Waals surface area contributed by atoms with Crippen molar-refractivity contribution in [2.24, 2.45) is 10.7 Å². The van der Waals surface area contributed by atoms with Crippen molar-refractivity contribution in [3.63, 3.8) is 0 Å². The third-order valence-corrected chi connectivity index (χ3v) is 8.16. The summed E-state index contributed by atoms with van der Waals surface area (Å²) in [6, 6.07) is 41.3. The van der Waals surface area contributed by atoms with E-state index >= 15 is 0 Å². The highest BCUT2D eigenvalue weighted by Crippen LogP contribution is 2.45. The quantitative estimate of drug-likeness (QED) is 0.178. The normalized spacial score (nSPS) is 12.6. The third-order valence-electron chi connectivity index (χ3n) is 8.16. The van der Waals surface area contributed by atoms with Gasteiger partial charge < -0.3 is 10.2 Å². The fourth-order valence-corrected chi connectivity index (χ4v) is 6.27. The number of aliphatic imine (C=N–C) groups is 1. The number of hydrogen-bond donors (Lipinski definition) is 2. The van der Waals surface area contributed by atoms with Crippen molar-refractivity contribution in [1.29, 1.82) is 5.41 Å². The lowest BCUT2D eigenvalue weighted by atomic mass is 9.93. The number of rotatable bonds is 3. The number of nitrogens with zero attached hydrogens (tertiary/aromatic N) is 1. The number of fused-ring (bicyclic) bond motifs is 7. The van der Waals surface area contributed by atoms with Gasteiger partial charge in [-0.3, -0.25) is 5.41 Å². The Morgan fingerprint density at radius 1 is 0.683 bits per heavy atom. The van der Waals surface area contributed by atoms with E-state index in [4.69, 9.17) is 15.6 Å². The predicted molar refractivity (Wildman–Crippen MR) is 169 cm³/mol. The van der Waals surface area contributed by atoms with Crippen molar-refractivity contribution in [2.45, 2.75) is 6.42 Å². The molecule has 4 nitrogen and oxygen atoms in total. The van der Waals surface area contributed by atoms with Crippen LogP contribution < -0.4 is 5.73 Å². The molecule has 3 N–H and O–H groups in total. The van der Waals surface area contributed by atoms with E-state index in [2.05, 4.69) is 71.7 Å². The molecule has 194 valence electrons. The molecule has 1 aliphatic carbocycles. The van der Waals surface area contributed by atoms with Crippen LogP contribution in [0.25, 0.3) is 55.0 Å². The Kier molecular flexibility index (Phi) is 5.16. The first-order valence-electron chi connectivity index (χ1n) is 13.7. The van der Waals surface area contributed by atoms with Crippen LogP contribution in [-0.2, 0) is 6.42 Å². The molecule has 0 saturated heterocycles. The molecule has 0 aliphatic heterocycles. The molecule has 4 heteroatoms. The SMILES string of the molecule is N=C(/N=C(\N)c1cccc2oc3c(-c4cccc5c4-c4ccccc4C5)cccc3c12)c1ccc2ccccc2c1. The minimum atomic E-state index is 0.122. The van der Waals surface area contributed by atoms with Crippen molar-refractivity contribution in [2.75, 3.05) is 0 Å². The highest BCUT2D eigenvalue weighted by atomic mass is 16.3. The summed E-state index contributed by atoms with van der Waals surface area (Å²) in [5, 5.41) is 12.8. The molecule has 0 atom stereocenters. The Morgan fingerprint density at radius 2 is 1.41 bits per heavy atom. The van der Waals surface area contributed by atoms with Crippen LogP contribution in [0.3, 0.4) is 0 Å². The average molecular weight is 528 g/mol. The van der Waals surface area contributed by atoms with E-state index in [1.807, 2.05) is 54.6 Å². The molecule has 1 heterocycles. The van der Waals surface area contributed by atoms with Gasteiger partial charge in [0.25, 0.3) is 0 Å². The van der Waals surface area contributed by atoms with E-state index < -0.39 is 0 Å². The highest BCUT2D eigenvalue weighted by molar-refractivity contribution is 6.22. The zero-order chi connectivity index (χ0) is 27.5. The van der Waals surface area contributed by atoms with Gasteiger partial charge >= 0.3 is 0 Å². The monoisotopic (exact) mass is 527 g/mol. The molecule has 0 fully saturated rings. The zero-order valence-electron chi connectivity index (χ0n) is 22.2. The molecule has 0 unspecified atom stereocenters. The predicted octanol–water partition coefficient (Wildman–Crippen LogP) is 8.71. The number of furan rings is 1. The number of amidine groups is 2. The molecule has 1 aliphatic rings. The van der Waals surface area contributed by atoms with E-state index in [1.165, 1.54) is 27.8 Å². The number of para-hydroxylation sites is 1. The number of benzene rings is 6. The first-order chi connectivity index (χ1) is 20.2. The van der Waals surface area contributed by atoms with Crippen LogP contribution in [0, 0.1) is 5.41 Å². The zero-order valence-corrected chi connectivity index (χ0v) is 22.2. The Morgan fingerprint density at radius 3 is 2.34 bits per heavy atom. The van der Waals surface area contributed by atoms with Gasteiger partial charge in [-0.15, -0.1) is 0 Å². The minimum Gasteiger partial charge on any atom is -0.455 e. The van der Waals surface area contributed by atoms with Gasteiger partial charge in [-0.25, -0.2) is 4.99 Å². The van der Waals surface area contributed by atoms with Crippen LogP contribution in [-0.4, -0.2) is 11.7 Å². The standard InChI is InChI=1S/C37H25N3O/c38-36(26-19-18-22-8-1-2-9-23(22)20-26)40-37(39)31-16-7-17-32-34(31)30-15-6-14-29(35(30)41-32)28-13-5-11-25-21-24-10-3-4-12-27(24)33(25)28/h1-20H,21H2,(H3,38,39,40). The van der Waals surface area contributed by atoms with Crippen LogP contribution >= 0.6 is 0 Å². The maximum absolute atomic E-state index is 8.70. The summed E-state index contributed by atoms with van der Waals surface area (Å²) in [6.07, 6.45) is 0.940. The minimum absolute atomic E-state index is 0.122. The molecule has 1 aromatic heterocycles. The van der Waals surface area contributed by atoms with Gasteiger partial charge in [0.15, 0.2) is 5.84 Å². The number of nitrogens with two attached hydrogens (primary N) is 1. The smallest absolute Gasteiger partial charge is 0.154 e. The van der Waals surface area contributed by atoms with Crippen LogP contribution in [0.2, 0.25) is 0 Å². The van der Waals surface area contributed by atoms with E-state index in [0.717, 1.165) is 55.8 Å². The summed E-state index contributed by atoms with van der Waals surface area (Å²) < 4.78 is 6.55. The maximum atomic E-state index is 8.70. The summed E-state index contributed by atoms with van der Waals surface area (Å²) in [5.41, 5.74) is 17.1. The van der Waals surface area contributed by atoms with Crippen LogP contribution in [0.15, 0.2) is 131 Å². The third kappa shape index (κ3) is 3.69. The highest BCUT2D eigenvalue weighted by Gasteiger charge is 2.24. The molecular weight excluding hydrogens is 502 g/mol. The van der Waals surface area contributed by atoms with Crippen molar-refractivity contribution < 1.29 is 4.42 Å². The van der Waals surface area contributed by atoms with Gasteiger partial charge in [0, 0.05) is 27.5 Å². The summed E-state index contributed by atoms with van der Waals surface area (Å²) in [7, 11) is 0. The molecule has 0 spiro atoms. The molecule has 0 radical (unpaired) electrons. The van der Waals surface area contributed by atoms with Gasteiger partial charge in [0.2, 0.25) is 0 Å². The second-order valence-corrected chi connectivity index (χ2v) is 10.5. The molecule has 6 aromatic carbocycles. The van der Waals surface area contributed by atoms with Crippen LogP contribution in [0.1, 0.15) is 22.3 Å². The van der Waals surface area contributed by atoms with Gasteiger partial charge in [-0.2, -0.15) is 0 Å². The summed E-state index contributed by atoms with van der Waals surface area (Å²) >= 11 is 0. The van der Waals surface area contributed by atoms with Crippen molar-refractivity contribution in [3.05, 3.63) is 144 Å². The first-order valence-corrected chi connectivity index (χ1v) is 13.7. The Labute approximate surface area is 236 Å². The van der Waals surface area contributed by atoms with Gasteiger partial charge in [-0.05, 0) is 57.1 Å². The lowest BCUT2D eigenvalue weighted by Gasteiger charge is -2.10.